The Labute approximate surface area is 200 Å². The Hall–Kier alpha value is -3.62. The molecule has 1 aliphatic rings. The molecular formula is C25H32N6O3. The molecule has 0 saturated carbocycles. The molecule has 0 aliphatic carbocycles. The molecule has 1 N–H and O–H groups in total. The molecule has 0 spiro atoms. The molecule has 2 aromatic heterocycles. The molecule has 4 rings (SSSR count). The highest BCUT2D eigenvalue weighted by Crippen LogP contribution is 2.28. The van der Waals surface area contributed by atoms with E-state index in [4.69, 9.17) is 14.5 Å². The minimum Gasteiger partial charge on any atom is -0.493 e. The number of aryl methyl sites for hydroxylation is 1. The third kappa shape index (κ3) is 5.65. The zero-order valence-electron chi connectivity index (χ0n) is 20.0. The summed E-state index contributed by atoms with van der Waals surface area (Å²) in [6, 6.07) is 7.88. The number of benzene rings is 1. The van der Waals surface area contributed by atoms with Gasteiger partial charge in [-0.1, -0.05) is 13.0 Å². The summed E-state index contributed by atoms with van der Waals surface area (Å²) in [5.74, 6) is 3.33. The van der Waals surface area contributed by atoms with Gasteiger partial charge in [-0.25, -0.2) is 9.97 Å². The SMILES string of the molecule is CCc1cc(N2CCC(CC(=O)NCCc3ccc(OC)c(OC)c3)C2)nc(-n2ccnc2)n1. The van der Waals surface area contributed by atoms with Gasteiger partial charge in [-0.3, -0.25) is 9.36 Å². The number of rotatable bonds is 10. The fourth-order valence-corrected chi connectivity index (χ4v) is 4.23. The maximum absolute atomic E-state index is 12.6. The summed E-state index contributed by atoms with van der Waals surface area (Å²) in [6.45, 7) is 4.37. The van der Waals surface area contributed by atoms with Gasteiger partial charge in [-0.15, -0.1) is 0 Å². The van der Waals surface area contributed by atoms with Gasteiger partial charge in [0.2, 0.25) is 11.9 Å². The smallest absolute Gasteiger partial charge is 0.237 e. The first-order valence-electron chi connectivity index (χ1n) is 11.7. The first-order valence-corrected chi connectivity index (χ1v) is 11.7. The summed E-state index contributed by atoms with van der Waals surface area (Å²) in [4.78, 5) is 28.3. The van der Waals surface area contributed by atoms with E-state index in [1.54, 1.807) is 26.7 Å². The number of anilines is 1. The maximum Gasteiger partial charge on any atom is 0.237 e. The van der Waals surface area contributed by atoms with Crippen molar-refractivity contribution in [1.82, 2.24) is 24.8 Å². The largest absolute Gasteiger partial charge is 0.493 e. The zero-order valence-corrected chi connectivity index (χ0v) is 20.0. The molecule has 1 unspecified atom stereocenters. The van der Waals surface area contributed by atoms with E-state index in [9.17, 15) is 4.79 Å². The topological polar surface area (TPSA) is 94.4 Å². The summed E-state index contributed by atoms with van der Waals surface area (Å²) in [5, 5.41) is 3.06. The number of amides is 1. The lowest BCUT2D eigenvalue weighted by Gasteiger charge is -2.19. The lowest BCUT2D eigenvalue weighted by atomic mass is 10.0. The molecule has 0 bridgehead atoms. The number of methoxy groups -OCH3 is 2. The standard InChI is InChI=1S/C25H32N6O3/c1-4-20-15-23(29-25(28-20)31-12-10-26-17-31)30-11-8-19(16-30)14-24(32)27-9-7-18-5-6-21(33-2)22(13-18)34-3/h5-6,10,12-13,15,17,19H,4,7-9,11,14,16H2,1-3H3,(H,27,32). The summed E-state index contributed by atoms with van der Waals surface area (Å²) in [5.41, 5.74) is 2.08. The van der Waals surface area contributed by atoms with Gasteiger partial charge in [-0.05, 0) is 42.9 Å². The van der Waals surface area contributed by atoms with Crippen LogP contribution in [0.4, 0.5) is 5.82 Å². The lowest BCUT2D eigenvalue weighted by Crippen LogP contribution is -2.29. The average molecular weight is 465 g/mol. The molecule has 1 atom stereocenters. The van der Waals surface area contributed by atoms with Crippen LogP contribution in [0.5, 0.6) is 11.5 Å². The minimum atomic E-state index is 0.0864. The molecule has 9 nitrogen and oxygen atoms in total. The third-order valence-electron chi connectivity index (χ3n) is 6.12. The van der Waals surface area contributed by atoms with Crippen molar-refractivity contribution in [3.63, 3.8) is 0 Å². The van der Waals surface area contributed by atoms with Gasteiger partial charge < -0.3 is 19.7 Å². The van der Waals surface area contributed by atoms with Crippen LogP contribution in [0.1, 0.15) is 31.0 Å². The van der Waals surface area contributed by atoms with Crippen molar-refractivity contribution >= 4 is 11.7 Å². The van der Waals surface area contributed by atoms with E-state index in [1.165, 1.54) is 0 Å². The lowest BCUT2D eigenvalue weighted by molar-refractivity contribution is -0.121. The Morgan fingerprint density at radius 3 is 2.76 bits per heavy atom. The fraction of sp³-hybridized carbons (Fsp3) is 0.440. The minimum absolute atomic E-state index is 0.0864. The Bertz CT molecular complexity index is 1100. The van der Waals surface area contributed by atoms with Crippen molar-refractivity contribution in [2.24, 2.45) is 5.92 Å². The van der Waals surface area contributed by atoms with Crippen LogP contribution in [0.2, 0.25) is 0 Å². The summed E-state index contributed by atoms with van der Waals surface area (Å²) >= 11 is 0. The quantitative estimate of drug-likeness (QED) is 0.493. The molecule has 1 fully saturated rings. The van der Waals surface area contributed by atoms with Crippen LogP contribution in [0.15, 0.2) is 43.0 Å². The van der Waals surface area contributed by atoms with Gasteiger partial charge in [0, 0.05) is 50.2 Å². The van der Waals surface area contributed by atoms with Crippen LogP contribution in [-0.2, 0) is 17.6 Å². The number of nitrogens with zero attached hydrogens (tertiary/aromatic N) is 5. The zero-order chi connectivity index (χ0) is 23.9. The predicted octanol–water partition coefficient (Wildman–Crippen LogP) is 2.82. The number of hydrogen-bond acceptors (Lipinski definition) is 7. The van der Waals surface area contributed by atoms with Gasteiger partial charge in [-0.2, -0.15) is 4.98 Å². The normalized spacial score (nSPS) is 15.4. The van der Waals surface area contributed by atoms with Gasteiger partial charge in [0.1, 0.15) is 12.1 Å². The highest BCUT2D eigenvalue weighted by atomic mass is 16.5. The Kier molecular flexibility index (Phi) is 7.61. The number of nitrogens with one attached hydrogen (secondary N) is 1. The summed E-state index contributed by atoms with van der Waals surface area (Å²) in [6.07, 6.45) is 8.32. The van der Waals surface area contributed by atoms with Crippen molar-refractivity contribution in [1.29, 1.82) is 0 Å². The number of aromatic nitrogens is 4. The fourth-order valence-electron chi connectivity index (χ4n) is 4.23. The predicted molar refractivity (Wildman–Crippen MR) is 130 cm³/mol. The van der Waals surface area contributed by atoms with E-state index < -0.39 is 0 Å². The maximum atomic E-state index is 12.6. The second-order valence-electron chi connectivity index (χ2n) is 8.44. The Morgan fingerprint density at radius 2 is 2.03 bits per heavy atom. The van der Waals surface area contributed by atoms with Crippen LogP contribution in [0.3, 0.4) is 0 Å². The number of ether oxygens (including phenoxy) is 2. The second kappa shape index (κ2) is 11.0. The van der Waals surface area contributed by atoms with E-state index in [0.29, 0.717) is 36.3 Å². The van der Waals surface area contributed by atoms with Crippen LogP contribution in [0.25, 0.3) is 5.95 Å². The van der Waals surface area contributed by atoms with E-state index in [0.717, 1.165) is 49.4 Å². The molecule has 1 amide bonds. The number of carbonyl (C=O) groups excluding carboxylic acids is 1. The van der Waals surface area contributed by atoms with Crippen LogP contribution in [-0.4, -0.2) is 59.3 Å². The highest BCUT2D eigenvalue weighted by Gasteiger charge is 2.26. The van der Waals surface area contributed by atoms with Crippen molar-refractivity contribution < 1.29 is 14.3 Å². The van der Waals surface area contributed by atoms with Crippen molar-refractivity contribution in [3.05, 3.63) is 54.2 Å². The molecule has 1 aliphatic heterocycles. The number of imidazole rings is 1. The summed E-state index contributed by atoms with van der Waals surface area (Å²) in [7, 11) is 3.24. The van der Waals surface area contributed by atoms with Crippen LogP contribution in [0, 0.1) is 5.92 Å². The molecule has 9 heteroatoms. The van der Waals surface area contributed by atoms with Gasteiger partial charge in [0.05, 0.1) is 14.2 Å². The van der Waals surface area contributed by atoms with E-state index in [1.807, 2.05) is 35.0 Å². The first-order chi connectivity index (χ1) is 16.6. The second-order valence-corrected chi connectivity index (χ2v) is 8.44. The third-order valence-corrected chi connectivity index (χ3v) is 6.12. The molecule has 1 aromatic carbocycles. The monoisotopic (exact) mass is 464 g/mol. The van der Waals surface area contributed by atoms with Gasteiger partial charge >= 0.3 is 0 Å². The molecule has 180 valence electrons. The van der Waals surface area contributed by atoms with Gasteiger partial charge in [0.25, 0.3) is 0 Å². The molecule has 1 saturated heterocycles. The highest BCUT2D eigenvalue weighted by molar-refractivity contribution is 5.76. The molecular weight excluding hydrogens is 432 g/mol. The average Bonchev–Trinajstić information content (AvgIpc) is 3.56. The Balaban J connectivity index is 1.29. The van der Waals surface area contributed by atoms with Crippen molar-refractivity contribution in [3.8, 4) is 17.4 Å². The Morgan fingerprint density at radius 1 is 1.18 bits per heavy atom. The van der Waals surface area contributed by atoms with E-state index in [-0.39, 0.29) is 5.91 Å². The number of carbonyl (C=O) groups is 1. The van der Waals surface area contributed by atoms with Crippen LogP contribution >= 0.6 is 0 Å². The molecule has 3 heterocycles. The molecule has 0 radical (unpaired) electrons. The molecule has 3 aromatic rings. The van der Waals surface area contributed by atoms with Gasteiger partial charge in [0.15, 0.2) is 11.5 Å². The first kappa shape index (κ1) is 23.5. The number of hydrogen-bond donors (Lipinski definition) is 1. The molecule has 34 heavy (non-hydrogen) atoms. The van der Waals surface area contributed by atoms with E-state index in [2.05, 4.69) is 27.1 Å². The van der Waals surface area contributed by atoms with Crippen molar-refractivity contribution in [2.75, 3.05) is 38.8 Å². The van der Waals surface area contributed by atoms with Crippen molar-refractivity contribution in [2.45, 2.75) is 32.6 Å². The van der Waals surface area contributed by atoms with E-state index >= 15 is 0 Å². The van der Waals surface area contributed by atoms with Crippen LogP contribution < -0.4 is 19.7 Å². The summed E-state index contributed by atoms with van der Waals surface area (Å²) < 4.78 is 12.4.